The van der Waals surface area contributed by atoms with Crippen LogP contribution in [-0.2, 0) is 6.42 Å². The molecule has 14 heavy (non-hydrogen) atoms. The second-order valence-electron chi connectivity index (χ2n) is 2.69. The van der Waals surface area contributed by atoms with Gasteiger partial charge in [-0.15, -0.1) is 0 Å². The lowest BCUT2D eigenvalue weighted by Gasteiger charge is -2.02. The number of nitrogens with zero attached hydrogens (tertiary/aromatic N) is 3. The van der Waals surface area contributed by atoms with Gasteiger partial charge in [0.25, 0.3) is 0 Å². The van der Waals surface area contributed by atoms with E-state index in [1.165, 1.54) is 0 Å². The number of nitrogens with one attached hydrogen (secondary N) is 1. The van der Waals surface area contributed by atoms with E-state index >= 15 is 0 Å². The Morgan fingerprint density at radius 2 is 1.71 bits per heavy atom. The normalized spacial score (nSPS) is 10.4. The number of anilines is 2. The van der Waals surface area contributed by atoms with Crippen molar-refractivity contribution in [3.63, 3.8) is 0 Å². The van der Waals surface area contributed by atoms with Crippen LogP contribution in [0.2, 0.25) is 0 Å². The molecule has 7 nitrogen and oxygen atoms in total. The number of nitrogen functional groups attached to an aromatic ring is 2. The first-order chi connectivity index (χ1) is 6.72. The first-order valence-corrected chi connectivity index (χ1v) is 4.30. The van der Waals surface area contributed by atoms with Gasteiger partial charge in [-0.05, 0) is 0 Å². The third kappa shape index (κ3) is 3.50. The van der Waals surface area contributed by atoms with Gasteiger partial charge < -0.3 is 21.9 Å². The Bertz CT molecular complexity index is 271. The zero-order valence-corrected chi connectivity index (χ0v) is 7.77. The van der Waals surface area contributed by atoms with Gasteiger partial charge in [-0.1, -0.05) is 0 Å². The van der Waals surface area contributed by atoms with Crippen LogP contribution in [0.1, 0.15) is 5.82 Å². The fourth-order valence-corrected chi connectivity index (χ4v) is 0.973. The highest BCUT2D eigenvalue weighted by atomic mass is 16.3. The van der Waals surface area contributed by atoms with Gasteiger partial charge in [-0.2, -0.15) is 15.0 Å². The van der Waals surface area contributed by atoms with Gasteiger partial charge in [0.15, 0.2) is 0 Å². The molecule has 0 saturated carbocycles. The summed E-state index contributed by atoms with van der Waals surface area (Å²) in [6.07, 6.45) is 0.608. The van der Waals surface area contributed by atoms with Crippen LogP contribution in [0.15, 0.2) is 0 Å². The van der Waals surface area contributed by atoms with Gasteiger partial charge in [0.2, 0.25) is 11.9 Å². The molecular formula is C7H14N6O. The van der Waals surface area contributed by atoms with Crippen molar-refractivity contribution in [2.75, 3.05) is 31.2 Å². The van der Waals surface area contributed by atoms with Gasteiger partial charge in [-0.3, -0.25) is 0 Å². The van der Waals surface area contributed by atoms with Crippen LogP contribution in [0.25, 0.3) is 0 Å². The van der Waals surface area contributed by atoms with E-state index < -0.39 is 0 Å². The molecule has 6 N–H and O–H groups in total. The largest absolute Gasteiger partial charge is 0.395 e. The summed E-state index contributed by atoms with van der Waals surface area (Å²) in [5.41, 5.74) is 10.8. The second-order valence-corrected chi connectivity index (χ2v) is 2.69. The number of hydrogen-bond donors (Lipinski definition) is 4. The van der Waals surface area contributed by atoms with E-state index in [0.29, 0.717) is 25.3 Å². The van der Waals surface area contributed by atoms with Crippen molar-refractivity contribution in [3.8, 4) is 0 Å². The molecule has 7 heteroatoms. The number of aromatic nitrogens is 3. The van der Waals surface area contributed by atoms with Crippen LogP contribution in [0.4, 0.5) is 11.9 Å². The zero-order chi connectivity index (χ0) is 10.4. The number of hydrogen-bond acceptors (Lipinski definition) is 7. The summed E-state index contributed by atoms with van der Waals surface area (Å²) in [5, 5.41) is 11.5. The molecule has 0 spiro atoms. The van der Waals surface area contributed by atoms with E-state index in [1.54, 1.807) is 0 Å². The lowest BCUT2D eigenvalue weighted by molar-refractivity contribution is 0.292. The van der Waals surface area contributed by atoms with Crippen LogP contribution < -0.4 is 16.8 Å². The summed E-state index contributed by atoms with van der Waals surface area (Å²) in [6.45, 7) is 1.33. The first-order valence-electron chi connectivity index (χ1n) is 4.30. The maximum atomic E-state index is 8.51. The van der Waals surface area contributed by atoms with Crippen molar-refractivity contribution in [2.24, 2.45) is 0 Å². The average molecular weight is 198 g/mol. The summed E-state index contributed by atoms with van der Waals surface area (Å²) >= 11 is 0. The van der Waals surface area contributed by atoms with Gasteiger partial charge in [0.05, 0.1) is 6.61 Å². The molecule has 0 amide bonds. The molecule has 1 aromatic heterocycles. The Hall–Kier alpha value is -1.47. The van der Waals surface area contributed by atoms with E-state index in [0.717, 1.165) is 0 Å². The summed E-state index contributed by atoms with van der Waals surface area (Å²) in [6, 6.07) is 0. The van der Waals surface area contributed by atoms with Gasteiger partial charge in [0, 0.05) is 19.5 Å². The smallest absolute Gasteiger partial charge is 0.225 e. The number of aliphatic hydroxyl groups is 1. The van der Waals surface area contributed by atoms with E-state index in [1.807, 2.05) is 0 Å². The Morgan fingerprint density at radius 1 is 1.07 bits per heavy atom. The monoisotopic (exact) mass is 198 g/mol. The predicted octanol–water partition coefficient (Wildman–Crippen LogP) is -1.84. The van der Waals surface area contributed by atoms with Crippen LogP contribution in [0, 0.1) is 0 Å². The predicted molar refractivity (Wildman–Crippen MR) is 52.3 cm³/mol. The standard InChI is InChI=1S/C7H14N6O/c8-6-11-5(12-7(9)13-6)1-2-10-3-4-14/h10,14H,1-4H2,(H4,8,9,11,12,13). The van der Waals surface area contributed by atoms with Gasteiger partial charge >= 0.3 is 0 Å². The van der Waals surface area contributed by atoms with Crippen molar-refractivity contribution in [2.45, 2.75) is 6.42 Å². The van der Waals surface area contributed by atoms with Crippen LogP contribution in [-0.4, -0.2) is 39.8 Å². The van der Waals surface area contributed by atoms with Crippen molar-refractivity contribution >= 4 is 11.9 Å². The molecular weight excluding hydrogens is 184 g/mol. The van der Waals surface area contributed by atoms with Crippen molar-refractivity contribution in [1.29, 1.82) is 0 Å². The molecule has 0 aromatic carbocycles. The maximum absolute atomic E-state index is 8.51. The van der Waals surface area contributed by atoms with Crippen molar-refractivity contribution in [1.82, 2.24) is 20.3 Å². The Kier molecular flexibility index (Phi) is 4.02. The molecule has 78 valence electrons. The van der Waals surface area contributed by atoms with E-state index in [-0.39, 0.29) is 18.5 Å². The van der Waals surface area contributed by atoms with E-state index in [2.05, 4.69) is 20.3 Å². The topological polar surface area (TPSA) is 123 Å². The molecule has 0 radical (unpaired) electrons. The molecule has 0 fully saturated rings. The molecule has 0 atom stereocenters. The minimum atomic E-state index is 0.113. The van der Waals surface area contributed by atoms with Crippen LogP contribution >= 0.6 is 0 Å². The van der Waals surface area contributed by atoms with E-state index in [4.69, 9.17) is 16.6 Å². The average Bonchev–Trinajstić information content (AvgIpc) is 2.11. The molecule has 1 rings (SSSR count). The summed E-state index contributed by atoms with van der Waals surface area (Å²) in [7, 11) is 0. The molecule has 0 saturated heterocycles. The third-order valence-corrected chi connectivity index (χ3v) is 1.53. The molecule has 0 aliphatic heterocycles. The SMILES string of the molecule is Nc1nc(N)nc(CCNCCO)n1. The minimum Gasteiger partial charge on any atom is -0.395 e. The molecule has 0 bridgehead atoms. The van der Waals surface area contributed by atoms with Crippen molar-refractivity contribution < 1.29 is 5.11 Å². The highest BCUT2D eigenvalue weighted by Gasteiger charge is 2.00. The fourth-order valence-electron chi connectivity index (χ4n) is 0.973. The Balaban J connectivity index is 2.42. The van der Waals surface area contributed by atoms with E-state index in [9.17, 15) is 0 Å². The lowest BCUT2D eigenvalue weighted by Crippen LogP contribution is -2.22. The molecule has 0 aliphatic carbocycles. The van der Waals surface area contributed by atoms with Gasteiger partial charge in [0.1, 0.15) is 5.82 Å². The van der Waals surface area contributed by atoms with Crippen molar-refractivity contribution in [3.05, 3.63) is 5.82 Å². The number of nitrogens with two attached hydrogens (primary N) is 2. The lowest BCUT2D eigenvalue weighted by atomic mass is 10.4. The van der Waals surface area contributed by atoms with Gasteiger partial charge in [-0.25, -0.2) is 0 Å². The zero-order valence-electron chi connectivity index (χ0n) is 7.77. The summed E-state index contributed by atoms with van der Waals surface area (Å²) < 4.78 is 0. The molecule has 1 heterocycles. The highest BCUT2D eigenvalue weighted by Crippen LogP contribution is 1.98. The first kappa shape index (κ1) is 10.6. The molecule has 0 aliphatic rings. The Morgan fingerprint density at radius 3 is 2.29 bits per heavy atom. The number of rotatable bonds is 5. The quantitative estimate of drug-likeness (QED) is 0.410. The molecule has 1 aromatic rings. The summed E-state index contributed by atoms with van der Waals surface area (Å²) in [4.78, 5) is 11.5. The third-order valence-electron chi connectivity index (χ3n) is 1.53. The van der Waals surface area contributed by atoms with Crippen LogP contribution in [0.5, 0.6) is 0 Å². The fraction of sp³-hybridized carbons (Fsp3) is 0.571. The summed E-state index contributed by atoms with van der Waals surface area (Å²) in [5.74, 6) is 0.824. The minimum absolute atomic E-state index is 0.113. The van der Waals surface area contributed by atoms with Crippen LogP contribution in [0.3, 0.4) is 0 Å². The molecule has 0 unspecified atom stereocenters. The number of aliphatic hydroxyl groups excluding tert-OH is 1. The maximum Gasteiger partial charge on any atom is 0.225 e. The Labute approximate surface area is 81.6 Å². The second kappa shape index (κ2) is 5.30. The highest BCUT2D eigenvalue weighted by molar-refractivity contribution is 5.25.